The van der Waals surface area contributed by atoms with Gasteiger partial charge in [-0.3, -0.25) is 0 Å². The van der Waals surface area contributed by atoms with Crippen molar-refractivity contribution >= 4 is 10.0 Å². The third-order valence-corrected chi connectivity index (χ3v) is 5.29. The van der Waals surface area contributed by atoms with Gasteiger partial charge in [0.1, 0.15) is 0 Å². The molecule has 1 saturated carbocycles. The van der Waals surface area contributed by atoms with Crippen molar-refractivity contribution in [3.63, 3.8) is 0 Å². The third kappa shape index (κ3) is 5.13. The zero-order valence-electron chi connectivity index (χ0n) is 13.1. The van der Waals surface area contributed by atoms with Crippen LogP contribution < -0.4 is 10.0 Å². The Kier molecular flexibility index (Phi) is 5.84. The predicted octanol–water partition coefficient (Wildman–Crippen LogP) is 2.14. The van der Waals surface area contributed by atoms with Gasteiger partial charge in [0.25, 0.3) is 0 Å². The first-order valence-corrected chi connectivity index (χ1v) is 9.39. The Morgan fingerprint density at radius 3 is 2.71 bits per heavy atom. The zero-order chi connectivity index (χ0) is 15.3. The summed E-state index contributed by atoms with van der Waals surface area (Å²) in [5.41, 5.74) is 1.01. The van der Waals surface area contributed by atoms with Gasteiger partial charge in [0.05, 0.1) is 4.90 Å². The van der Waals surface area contributed by atoms with Crippen molar-refractivity contribution in [3.8, 4) is 0 Å². The summed E-state index contributed by atoms with van der Waals surface area (Å²) in [7, 11) is -1.48. The molecule has 0 unspecified atom stereocenters. The van der Waals surface area contributed by atoms with Crippen molar-refractivity contribution in [2.24, 2.45) is 7.05 Å². The van der Waals surface area contributed by atoms with Crippen molar-refractivity contribution in [1.29, 1.82) is 0 Å². The highest BCUT2D eigenvalue weighted by Gasteiger charge is 2.22. The molecule has 2 rings (SSSR count). The Bertz CT molecular complexity index is 547. The summed E-state index contributed by atoms with van der Waals surface area (Å²) >= 11 is 0. The van der Waals surface area contributed by atoms with Crippen LogP contribution in [-0.2, 0) is 23.6 Å². The molecule has 2 N–H and O–H groups in total. The molecule has 0 aromatic carbocycles. The van der Waals surface area contributed by atoms with E-state index in [1.165, 1.54) is 12.8 Å². The van der Waals surface area contributed by atoms with Gasteiger partial charge in [0, 0.05) is 38.1 Å². The molecule has 1 fully saturated rings. The monoisotopic (exact) mass is 313 g/mol. The lowest BCUT2D eigenvalue weighted by molar-refractivity contribution is 0.573. The Labute approximate surface area is 128 Å². The smallest absolute Gasteiger partial charge is 0.242 e. The lowest BCUT2D eigenvalue weighted by Gasteiger charge is -2.04. The molecule has 1 heterocycles. The molecule has 0 radical (unpaired) electrons. The highest BCUT2D eigenvalue weighted by atomic mass is 32.2. The lowest BCUT2D eigenvalue weighted by atomic mass is 10.2. The van der Waals surface area contributed by atoms with E-state index in [4.69, 9.17) is 0 Å². The summed E-state index contributed by atoms with van der Waals surface area (Å²) < 4.78 is 29.1. The molecule has 0 aliphatic heterocycles. The highest BCUT2D eigenvalue weighted by Crippen LogP contribution is 2.20. The number of nitrogens with zero attached hydrogens (tertiary/aromatic N) is 1. The van der Waals surface area contributed by atoms with Crippen LogP contribution in [0.5, 0.6) is 0 Å². The van der Waals surface area contributed by atoms with E-state index in [-0.39, 0.29) is 0 Å². The van der Waals surface area contributed by atoms with Crippen LogP contribution >= 0.6 is 0 Å². The van der Waals surface area contributed by atoms with Crippen LogP contribution in [-0.4, -0.2) is 25.6 Å². The van der Waals surface area contributed by atoms with Crippen LogP contribution in [0.15, 0.2) is 17.2 Å². The fourth-order valence-corrected chi connectivity index (χ4v) is 3.45. The predicted molar refractivity (Wildman–Crippen MR) is 84.6 cm³/mol. The van der Waals surface area contributed by atoms with Crippen molar-refractivity contribution < 1.29 is 8.42 Å². The van der Waals surface area contributed by atoms with Crippen LogP contribution in [0, 0.1) is 0 Å². The first kappa shape index (κ1) is 16.5. The molecule has 21 heavy (non-hydrogen) atoms. The molecule has 1 aromatic heterocycles. The molecule has 6 heteroatoms. The van der Waals surface area contributed by atoms with Crippen molar-refractivity contribution in [2.75, 3.05) is 6.54 Å². The average molecular weight is 313 g/mol. The second kappa shape index (κ2) is 7.42. The van der Waals surface area contributed by atoms with E-state index in [2.05, 4.69) is 17.0 Å². The number of rotatable bonds is 10. The van der Waals surface area contributed by atoms with Crippen molar-refractivity contribution in [3.05, 3.63) is 18.0 Å². The maximum absolute atomic E-state index is 12.2. The van der Waals surface area contributed by atoms with Gasteiger partial charge in [0.15, 0.2) is 0 Å². The molecular weight excluding hydrogens is 286 g/mol. The van der Waals surface area contributed by atoms with E-state index in [9.17, 15) is 8.42 Å². The van der Waals surface area contributed by atoms with Crippen LogP contribution in [0.1, 0.15) is 51.1 Å². The van der Waals surface area contributed by atoms with Gasteiger partial charge in [-0.15, -0.1) is 0 Å². The molecule has 1 aliphatic carbocycles. The molecule has 0 amide bonds. The van der Waals surface area contributed by atoms with Gasteiger partial charge >= 0.3 is 0 Å². The van der Waals surface area contributed by atoms with Gasteiger partial charge in [-0.2, -0.15) is 0 Å². The normalized spacial score (nSPS) is 15.5. The standard InChI is InChI=1S/C15H27N3O2S/c1-3-4-5-6-9-17-21(19,20)15-10-14(18(2)12-15)11-16-13-7-8-13/h10,12-13,16-17H,3-9,11H2,1-2H3. The fraction of sp³-hybridized carbons (Fsp3) is 0.733. The number of nitrogens with one attached hydrogen (secondary N) is 2. The van der Waals surface area contributed by atoms with Crippen LogP contribution in [0.4, 0.5) is 0 Å². The summed E-state index contributed by atoms with van der Waals surface area (Å²) in [6, 6.07) is 2.39. The molecule has 1 aliphatic rings. The first-order valence-electron chi connectivity index (χ1n) is 7.91. The second-order valence-electron chi connectivity index (χ2n) is 5.89. The number of unbranched alkanes of at least 4 members (excludes halogenated alkanes) is 3. The van der Waals surface area contributed by atoms with Gasteiger partial charge in [-0.1, -0.05) is 26.2 Å². The quantitative estimate of drug-likeness (QED) is 0.651. The van der Waals surface area contributed by atoms with E-state index in [1.54, 1.807) is 12.3 Å². The fourth-order valence-electron chi connectivity index (χ4n) is 2.28. The van der Waals surface area contributed by atoms with E-state index in [1.807, 2.05) is 11.6 Å². The van der Waals surface area contributed by atoms with E-state index >= 15 is 0 Å². The number of hydrogen-bond donors (Lipinski definition) is 2. The second-order valence-corrected chi connectivity index (χ2v) is 7.66. The average Bonchev–Trinajstić information content (AvgIpc) is 3.19. The summed E-state index contributed by atoms with van der Waals surface area (Å²) in [6.07, 6.45) is 8.44. The molecule has 120 valence electrons. The molecule has 0 bridgehead atoms. The Morgan fingerprint density at radius 2 is 2.05 bits per heavy atom. The van der Waals surface area contributed by atoms with Crippen LogP contribution in [0.25, 0.3) is 0 Å². The SMILES string of the molecule is CCCCCCNS(=O)(=O)c1cc(CNC2CC2)n(C)c1. The molecule has 0 spiro atoms. The summed E-state index contributed by atoms with van der Waals surface area (Å²) in [5, 5.41) is 3.41. The van der Waals surface area contributed by atoms with Gasteiger partial charge in [-0.05, 0) is 25.3 Å². The van der Waals surface area contributed by atoms with Crippen molar-refractivity contribution in [2.45, 2.75) is 62.9 Å². The first-order chi connectivity index (χ1) is 10.0. The minimum atomic E-state index is -3.37. The Morgan fingerprint density at radius 1 is 1.29 bits per heavy atom. The third-order valence-electron chi connectivity index (χ3n) is 3.86. The number of sulfonamides is 1. The lowest BCUT2D eigenvalue weighted by Crippen LogP contribution is -2.24. The summed E-state index contributed by atoms with van der Waals surface area (Å²) in [4.78, 5) is 0.369. The van der Waals surface area contributed by atoms with Gasteiger partial charge < -0.3 is 9.88 Å². The number of aromatic nitrogens is 1. The largest absolute Gasteiger partial charge is 0.352 e. The maximum atomic E-state index is 12.2. The van der Waals surface area contributed by atoms with Crippen LogP contribution in [0.2, 0.25) is 0 Å². The topological polar surface area (TPSA) is 63.1 Å². The Balaban J connectivity index is 1.87. The zero-order valence-corrected chi connectivity index (χ0v) is 13.9. The molecular formula is C15H27N3O2S. The molecule has 0 saturated heterocycles. The van der Waals surface area contributed by atoms with E-state index < -0.39 is 10.0 Å². The number of aryl methyl sites for hydroxylation is 1. The van der Waals surface area contributed by atoms with Gasteiger partial charge in [0.2, 0.25) is 10.0 Å². The molecule has 0 atom stereocenters. The van der Waals surface area contributed by atoms with Crippen LogP contribution in [0.3, 0.4) is 0 Å². The molecule has 1 aromatic rings. The van der Waals surface area contributed by atoms with Crippen molar-refractivity contribution in [1.82, 2.24) is 14.6 Å². The summed E-state index contributed by atoms with van der Waals surface area (Å²) in [6.45, 7) is 3.39. The minimum Gasteiger partial charge on any atom is -0.352 e. The minimum absolute atomic E-state index is 0.369. The Hall–Kier alpha value is -0.850. The van der Waals surface area contributed by atoms with E-state index in [0.29, 0.717) is 17.5 Å². The highest BCUT2D eigenvalue weighted by molar-refractivity contribution is 7.89. The summed E-state index contributed by atoms with van der Waals surface area (Å²) in [5.74, 6) is 0. The van der Waals surface area contributed by atoms with Gasteiger partial charge in [-0.25, -0.2) is 13.1 Å². The van der Waals surface area contributed by atoms with E-state index in [0.717, 1.165) is 37.9 Å². The molecule has 5 nitrogen and oxygen atoms in total. The maximum Gasteiger partial charge on any atom is 0.242 e. The number of hydrogen-bond acceptors (Lipinski definition) is 3.